The largest absolute Gasteiger partial charge is 0.385 e. The number of unbranched alkanes of at least 4 members (excludes halogenated alkanes) is 1. The smallest absolute Gasteiger partial charge is 0.274 e. The molecular weight excluding hydrogens is 753 g/mol. The van der Waals surface area contributed by atoms with E-state index in [1.165, 1.54) is 11.0 Å². The molecule has 0 saturated carbocycles. The van der Waals surface area contributed by atoms with Crippen molar-refractivity contribution in [2.75, 3.05) is 62.6 Å². The predicted octanol–water partition coefficient (Wildman–Crippen LogP) is 3.03. The van der Waals surface area contributed by atoms with Crippen molar-refractivity contribution in [3.05, 3.63) is 83.3 Å². The van der Waals surface area contributed by atoms with Gasteiger partial charge in [0.25, 0.3) is 11.8 Å². The molecule has 3 fully saturated rings. The second-order valence-corrected chi connectivity index (χ2v) is 15.5. The molecule has 16 heteroatoms. The fourth-order valence-corrected chi connectivity index (χ4v) is 8.23. The monoisotopic (exact) mass is 804 g/mol. The lowest BCUT2D eigenvalue weighted by atomic mass is 9.91. The van der Waals surface area contributed by atoms with Crippen LogP contribution < -0.4 is 20.9 Å². The van der Waals surface area contributed by atoms with E-state index < -0.39 is 11.9 Å². The molecule has 1 atom stereocenters. The third-order valence-corrected chi connectivity index (χ3v) is 11.6. The normalized spacial score (nSPS) is 18.6. The minimum absolute atomic E-state index is 0.0781. The van der Waals surface area contributed by atoms with Crippen molar-refractivity contribution in [2.24, 2.45) is 5.92 Å². The van der Waals surface area contributed by atoms with E-state index in [2.05, 4.69) is 36.0 Å². The number of hydrogen-bond acceptors (Lipinski definition) is 11. The number of amides is 6. The van der Waals surface area contributed by atoms with Crippen molar-refractivity contribution in [3.8, 4) is 0 Å². The number of hydrogen-bond donors (Lipinski definition) is 3. The molecule has 0 bridgehead atoms. The Morgan fingerprint density at radius 1 is 0.847 bits per heavy atom. The van der Waals surface area contributed by atoms with Crippen molar-refractivity contribution >= 4 is 53.0 Å². The molecule has 6 heterocycles. The highest BCUT2D eigenvalue weighted by molar-refractivity contribution is 6.06. The number of piperidine rings is 2. The van der Waals surface area contributed by atoms with Crippen molar-refractivity contribution in [3.63, 3.8) is 0 Å². The van der Waals surface area contributed by atoms with Crippen molar-refractivity contribution in [1.82, 2.24) is 40.5 Å². The van der Waals surface area contributed by atoms with Crippen LogP contribution in [0, 0.1) is 5.92 Å². The lowest BCUT2D eigenvalue weighted by Crippen LogP contribution is -2.52. The molecule has 59 heavy (non-hydrogen) atoms. The fraction of sp³-hybridized carbons (Fsp3) is 0.465. The Labute approximate surface area is 343 Å². The maximum Gasteiger partial charge on any atom is 0.274 e. The second kappa shape index (κ2) is 19.5. The molecule has 1 unspecified atom stereocenters. The first-order valence-corrected chi connectivity index (χ1v) is 20.8. The average molecular weight is 805 g/mol. The van der Waals surface area contributed by atoms with Crippen molar-refractivity contribution < 1.29 is 28.8 Å². The molecule has 0 aliphatic carbocycles. The van der Waals surface area contributed by atoms with Crippen LogP contribution in [-0.2, 0) is 25.7 Å². The van der Waals surface area contributed by atoms with Gasteiger partial charge in [0.2, 0.25) is 23.6 Å². The molecular formula is C43H52N10O6. The summed E-state index contributed by atoms with van der Waals surface area (Å²) >= 11 is 0. The Morgan fingerprint density at radius 3 is 2.42 bits per heavy atom. The molecule has 6 amide bonds. The molecule has 3 aromatic rings. The maximum atomic E-state index is 13.2. The van der Waals surface area contributed by atoms with E-state index in [0.29, 0.717) is 94.6 Å². The average Bonchev–Trinajstić information content (AvgIpc) is 3.60. The standard InChI is InChI=1S/C43H52N10O6/c54-38(15-11-31-7-4-19-44-28-31)46-20-2-1-6-30-17-22-52(23-18-30)43(59)35-12-14-37(49-48-35)50-24-26-51(27-25-50)40(56)10-5-21-45-34-9-3-8-32-33(34)29-53(42(32)58)36-13-16-39(55)47-41(36)57/h3-4,7-9,11-12,14-15,19,28,30,36,45H,1-2,5-6,10,13,16-18,20-27,29H2,(H,46,54)(H,47,55,57)/b15-11+. The SMILES string of the molecule is O=C(/C=C/c1cccnc1)NCCCCC1CCN(C(=O)c2ccc(N3CCN(C(=O)CCCNc4cccc5c4CN(C4CCC(=O)NC4=O)C5=O)CC3)nn2)CC1. The molecule has 1 aromatic carbocycles. The Morgan fingerprint density at radius 2 is 1.68 bits per heavy atom. The molecule has 16 nitrogen and oxygen atoms in total. The van der Waals surface area contributed by atoms with E-state index in [9.17, 15) is 28.8 Å². The summed E-state index contributed by atoms with van der Waals surface area (Å²) < 4.78 is 0. The van der Waals surface area contributed by atoms with Crippen LogP contribution in [-0.4, -0.2) is 124 Å². The number of likely N-dealkylation sites (tertiary alicyclic amines) is 1. The van der Waals surface area contributed by atoms with Crippen LogP contribution in [0.4, 0.5) is 11.5 Å². The first-order valence-electron chi connectivity index (χ1n) is 20.8. The van der Waals surface area contributed by atoms with Gasteiger partial charge in [-0.25, -0.2) is 0 Å². The first-order chi connectivity index (χ1) is 28.7. The summed E-state index contributed by atoms with van der Waals surface area (Å²) in [5.41, 5.74) is 3.39. The molecule has 7 rings (SSSR count). The molecule has 310 valence electrons. The highest BCUT2D eigenvalue weighted by Crippen LogP contribution is 2.32. The van der Waals surface area contributed by atoms with Gasteiger partial charge in [-0.15, -0.1) is 10.2 Å². The summed E-state index contributed by atoms with van der Waals surface area (Å²) in [4.78, 5) is 86.9. The zero-order chi connectivity index (χ0) is 41.1. The minimum Gasteiger partial charge on any atom is -0.385 e. The van der Waals surface area contributed by atoms with E-state index in [4.69, 9.17) is 0 Å². The van der Waals surface area contributed by atoms with Gasteiger partial charge in [-0.2, -0.15) is 0 Å². The number of pyridine rings is 1. The number of fused-ring (bicyclic) bond motifs is 1. The van der Waals surface area contributed by atoms with Crippen molar-refractivity contribution in [1.29, 1.82) is 0 Å². The summed E-state index contributed by atoms with van der Waals surface area (Å²) in [6.45, 7) is 5.20. The third kappa shape index (κ3) is 10.5. The molecule has 0 spiro atoms. The Bertz CT molecular complexity index is 2030. The van der Waals surface area contributed by atoms with Gasteiger partial charge in [-0.1, -0.05) is 25.0 Å². The number of carbonyl (C=O) groups is 6. The fourth-order valence-electron chi connectivity index (χ4n) is 8.23. The summed E-state index contributed by atoms with van der Waals surface area (Å²) in [6, 6.07) is 12.1. The van der Waals surface area contributed by atoms with Gasteiger partial charge in [0, 0.05) is 107 Å². The van der Waals surface area contributed by atoms with Crippen LogP contribution in [0.2, 0.25) is 0 Å². The molecule has 3 N–H and O–H groups in total. The molecule has 3 saturated heterocycles. The topological polar surface area (TPSA) is 190 Å². The highest BCUT2D eigenvalue weighted by atomic mass is 16.2. The maximum absolute atomic E-state index is 13.2. The van der Waals surface area contributed by atoms with Crippen LogP contribution in [0.15, 0.2) is 60.9 Å². The second-order valence-electron chi connectivity index (χ2n) is 15.5. The lowest BCUT2D eigenvalue weighted by molar-refractivity contribution is -0.137. The Balaban J connectivity index is 0.765. The van der Waals surface area contributed by atoms with Crippen molar-refractivity contribution in [2.45, 2.75) is 70.4 Å². The number of benzene rings is 1. The number of carbonyl (C=O) groups excluding carboxylic acids is 6. The van der Waals surface area contributed by atoms with E-state index >= 15 is 0 Å². The minimum atomic E-state index is -0.669. The number of aromatic nitrogens is 3. The van der Waals surface area contributed by atoms with Crippen LogP contribution in [0.25, 0.3) is 6.08 Å². The van der Waals surface area contributed by atoms with Gasteiger partial charge in [-0.3, -0.25) is 39.1 Å². The summed E-state index contributed by atoms with van der Waals surface area (Å²) in [5, 5.41) is 17.3. The summed E-state index contributed by atoms with van der Waals surface area (Å²) in [6.07, 6.45) is 13.1. The van der Waals surface area contributed by atoms with Gasteiger partial charge in [0.05, 0.1) is 0 Å². The molecule has 2 aromatic heterocycles. The Kier molecular flexibility index (Phi) is 13.5. The van der Waals surface area contributed by atoms with Gasteiger partial charge >= 0.3 is 0 Å². The summed E-state index contributed by atoms with van der Waals surface area (Å²) in [7, 11) is 0. The quantitative estimate of drug-likeness (QED) is 0.116. The zero-order valence-corrected chi connectivity index (χ0v) is 33.3. The zero-order valence-electron chi connectivity index (χ0n) is 33.3. The van der Waals surface area contributed by atoms with Gasteiger partial charge in [0.1, 0.15) is 6.04 Å². The van der Waals surface area contributed by atoms with E-state index in [1.807, 2.05) is 34.1 Å². The Hall–Kier alpha value is -6.19. The third-order valence-electron chi connectivity index (χ3n) is 11.6. The van der Waals surface area contributed by atoms with Crippen LogP contribution >= 0.6 is 0 Å². The number of nitrogens with zero attached hydrogens (tertiary/aromatic N) is 7. The number of anilines is 2. The predicted molar refractivity (Wildman–Crippen MR) is 220 cm³/mol. The number of nitrogens with one attached hydrogen (secondary N) is 3. The van der Waals surface area contributed by atoms with E-state index in [1.54, 1.807) is 36.7 Å². The molecule has 4 aliphatic rings. The number of imide groups is 1. The highest BCUT2D eigenvalue weighted by Gasteiger charge is 2.40. The summed E-state index contributed by atoms with van der Waals surface area (Å²) in [5.74, 6) is 0.134. The van der Waals surface area contributed by atoms with Gasteiger partial charge in [0.15, 0.2) is 11.5 Å². The lowest BCUT2D eigenvalue weighted by Gasteiger charge is -2.35. The van der Waals surface area contributed by atoms with E-state index in [-0.39, 0.29) is 42.5 Å². The molecule has 4 aliphatic heterocycles. The van der Waals surface area contributed by atoms with Gasteiger partial charge in [-0.05, 0) is 80.0 Å². The first kappa shape index (κ1) is 41.0. The number of rotatable bonds is 15. The van der Waals surface area contributed by atoms with Crippen LogP contribution in [0.1, 0.15) is 89.8 Å². The van der Waals surface area contributed by atoms with Crippen LogP contribution in [0.3, 0.4) is 0 Å². The van der Waals surface area contributed by atoms with E-state index in [0.717, 1.165) is 48.9 Å². The molecule has 0 radical (unpaired) electrons. The van der Waals surface area contributed by atoms with Crippen LogP contribution in [0.5, 0.6) is 0 Å². The van der Waals surface area contributed by atoms with Gasteiger partial charge < -0.3 is 30.2 Å². The number of piperazine rings is 1.